The van der Waals surface area contributed by atoms with Gasteiger partial charge in [-0.25, -0.2) is 0 Å². The van der Waals surface area contributed by atoms with E-state index in [1.165, 1.54) is 12.0 Å². The summed E-state index contributed by atoms with van der Waals surface area (Å²) in [5, 5.41) is 0. The zero-order valence-electron chi connectivity index (χ0n) is 11.3. The fourth-order valence-corrected chi connectivity index (χ4v) is 2.42. The van der Waals surface area contributed by atoms with Crippen LogP contribution >= 0.6 is 0 Å². The summed E-state index contributed by atoms with van der Waals surface area (Å²) >= 11 is 0. The molecule has 2 heterocycles. The summed E-state index contributed by atoms with van der Waals surface area (Å²) in [6.07, 6.45) is -0.387. The summed E-state index contributed by atoms with van der Waals surface area (Å²) in [6.45, 7) is 2.08. The quantitative estimate of drug-likeness (QED) is 0.772. The van der Waals surface area contributed by atoms with E-state index in [4.69, 9.17) is 14.2 Å². The number of rotatable bonds is 3. The van der Waals surface area contributed by atoms with E-state index in [1.54, 1.807) is 31.2 Å². The summed E-state index contributed by atoms with van der Waals surface area (Å²) < 4.78 is 16.0. The molecule has 0 N–H and O–H groups in total. The molecule has 0 radical (unpaired) electrons. The van der Waals surface area contributed by atoms with Crippen molar-refractivity contribution in [1.29, 1.82) is 0 Å². The number of benzene rings is 1. The molecular formula is C14H15NO5. The third kappa shape index (κ3) is 2.02. The van der Waals surface area contributed by atoms with E-state index in [-0.39, 0.29) is 31.1 Å². The average molecular weight is 277 g/mol. The van der Waals surface area contributed by atoms with Crippen LogP contribution in [0.1, 0.15) is 27.6 Å². The van der Waals surface area contributed by atoms with E-state index in [1.807, 2.05) is 0 Å². The molecule has 1 fully saturated rings. The highest BCUT2D eigenvalue weighted by Gasteiger charge is 2.42. The van der Waals surface area contributed by atoms with Crippen molar-refractivity contribution in [3.63, 3.8) is 0 Å². The van der Waals surface area contributed by atoms with Gasteiger partial charge in [-0.1, -0.05) is 12.1 Å². The van der Waals surface area contributed by atoms with Crippen molar-refractivity contribution in [3.8, 4) is 0 Å². The zero-order chi connectivity index (χ0) is 14.3. The molecule has 0 spiro atoms. The van der Waals surface area contributed by atoms with Gasteiger partial charge in [-0.05, 0) is 12.1 Å². The van der Waals surface area contributed by atoms with Gasteiger partial charge in [-0.15, -0.1) is 0 Å². The number of hydrogen-bond acceptors (Lipinski definition) is 5. The molecule has 1 aromatic carbocycles. The van der Waals surface area contributed by atoms with Crippen LogP contribution in [0.2, 0.25) is 0 Å². The lowest BCUT2D eigenvalue weighted by atomic mass is 10.1. The Bertz CT molecular complexity index is 537. The number of carbonyl (C=O) groups is 2. The molecule has 20 heavy (non-hydrogen) atoms. The van der Waals surface area contributed by atoms with E-state index in [2.05, 4.69) is 0 Å². The van der Waals surface area contributed by atoms with E-state index in [0.717, 1.165) is 0 Å². The second kappa shape index (κ2) is 4.66. The van der Waals surface area contributed by atoms with Gasteiger partial charge in [-0.3, -0.25) is 14.5 Å². The number of methoxy groups -OCH3 is 1. The van der Waals surface area contributed by atoms with E-state index in [0.29, 0.717) is 11.1 Å². The molecule has 2 aliphatic heterocycles. The van der Waals surface area contributed by atoms with Crippen molar-refractivity contribution < 1.29 is 23.8 Å². The largest absolute Gasteiger partial charge is 0.331 e. The first-order valence-corrected chi connectivity index (χ1v) is 6.36. The zero-order valence-corrected chi connectivity index (χ0v) is 11.3. The van der Waals surface area contributed by atoms with Crippen molar-refractivity contribution in [1.82, 2.24) is 4.90 Å². The van der Waals surface area contributed by atoms with Gasteiger partial charge in [0.15, 0.2) is 0 Å². The number of fused-ring (bicyclic) bond motifs is 1. The predicted octanol–water partition coefficient (Wildman–Crippen LogP) is 1.02. The highest BCUT2D eigenvalue weighted by Crippen LogP contribution is 2.27. The minimum atomic E-state index is -1.11. The van der Waals surface area contributed by atoms with Crippen molar-refractivity contribution in [3.05, 3.63) is 35.4 Å². The van der Waals surface area contributed by atoms with Crippen LogP contribution in [0.4, 0.5) is 0 Å². The van der Waals surface area contributed by atoms with Crippen LogP contribution in [0, 0.1) is 0 Å². The number of carbonyl (C=O) groups excluding carboxylic acids is 2. The maximum absolute atomic E-state index is 12.2. The lowest BCUT2D eigenvalue weighted by Crippen LogP contribution is -2.39. The molecule has 0 aliphatic carbocycles. The molecule has 3 rings (SSSR count). The maximum Gasteiger partial charge on any atom is 0.280 e. The van der Waals surface area contributed by atoms with E-state index < -0.39 is 5.97 Å². The molecule has 0 bridgehead atoms. The Kier molecular flexibility index (Phi) is 3.08. The Morgan fingerprint density at radius 1 is 1.30 bits per heavy atom. The van der Waals surface area contributed by atoms with Crippen molar-refractivity contribution >= 4 is 11.8 Å². The van der Waals surface area contributed by atoms with Gasteiger partial charge >= 0.3 is 0 Å². The van der Waals surface area contributed by atoms with Gasteiger partial charge in [0.25, 0.3) is 17.8 Å². The average Bonchev–Trinajstić information content (AvgIpc) is 2.95. The molecule has 6 nitrogen and oxygen atoms in total. The Hall–Kier alpha value is -1.76. The second-order valence-corrected chi connectivity index (χ2v) is 4.88. The maximum atomic E-state index is 12.2. The predicted molar refractivity (Wildman–Crippen MR) is 68.0 cm³/mol. The van der Waals surface area contributed by atoms with Crippen molar-refractivity contribution in [2.24, 2.45) is 0 Å². The molecule has 0 aromatic heterocycles. The van der Waals surface area contributed by atoms with Crippen LogP contribution in [0.25, 0.3) is 0 Å². The number of nitrogens with zero attached hydrogens (tertiary/aromatic N) is 1. The van der Waals surface area contributed by atoms with Crippen LogP contribution in [-0.4, -0.2) is 49.1 Å². The lowest BCUT2D eigenvalue weighted by Gasteiger charge is -2.22. The number of imide groups is 1. The Labute approximate surface area is 116 Å². The number of amides is 2. The highest BCUT2D eigenvalue weighted by molar-refractivity contribution is 6.21. The Morgan fingerprint density at radius 2 is 1.90 bits per heavy atom. The molecule has 2 amide bonds. The lowest BCUT2D eigenvalue weighted by molar-refractivity contribution is -0.313. The molecule has 1 unspecified atom stereocenters. The van der Waals surface area contributed by atoms with E-state index in [9.17, 15) is 9.59 Å². The SMILES string of the molecule is CO[C@@]1(C)OCC(CN2C(=O)c3ccccc3C2=O)O1. The summed E-state index contributed by atoms with van der Waals surface area (Å²) in [5.41, 5.74) is 0.872. The Balaban J connectivity index is 1.75. The normalized spacial score (nSPS) is 29.1. The molecule has 0 saturated carbocycles. The summed E-state index contributed by atoms with van der Waals surface area (Å²) in [5.74, 6) is -1.69. The first-order chi connectivity index (χ1) is 9.54. The Morgan fingerprint density at radius 3 is 2.40 bits per heavy atom. The van der Waals surface area contributed by atoms with Gasteiger partial charge < -0.3 is 14.2 Å². The first-order valence-electron chi connectivity index (χ1n) is 6.36. The third-order valence-corrected chi connectivity index (χ3v) is 3.55. The van der Waals surface area contributed by atoms with Gasteiger partial charge in [-0.2, -0.15) is 0 Å². The van der Waals surface area contributed by atoms with Crippen LogP contribution in [0.3, 0.4) is 0 Å². The second-order valence-electron chi connectivity index (χ2n) is 4.88. The summed E-state index contributed by atoms with van der Waals surface area (Å²) in [4.78, 5) is 25.6. The van der Waals surface area contributed by atoms with Crippen LogP contribution in [0.15, 0.2) is 24.3 Å². The number of ether oxygens (including phenoxy) is 3. The van der Waals surface area contributed by atoms with Gasteiger partial charge in [0, 0.05) is 14.0 Å². The van der Waals surface area contributed by atoms with Crippen LogP contribution in [0.5, 0.6) is 0 Å². The third-order valence-electron chi connectivity index (χ3n) is 3.55. The molecular weight excluding hydrogens is 262 g/mol. The van der Waals surface area contributed by atoms with Crippen molar-refractivity contribution in [2.75, 3.05) is 20.3 Å². The molecule has 2 atom stereocenters. The minimum absolute atomic E-state index is 0.158. The highest BCUT2D eigenvalue weighted by atomic mass is 16.9. The molecule has 1 aromatic rings. The van der Waals surface area contributed by atoms with Crippen LogP contribution < -0.4 is 0 Å². The fraction of sp³-hybridized carbons (Fsp3) is 0.429. The molecule has 1 saturated heterocycles. The van der Waals surface area contributed by atoms with Crippen molar-refractivity contribution in [2.45, 2.75) is 19.0 Å². The smallest absolute Gasteiger partial charge is 0.280 e. The van der Waals surface area contributed by atoms with Gasteiger partial charge in [0.1, 0.15) is 6.10 Å². The van der Waals surface area contributed by atoms with Gasteiger partial charge in [0.05, 0.1) is 24.3 Å². The molecule has 6 heteroatoms. The summed E-state index contributed by atoms with van der Waals surface area (Å²) in [6, 6.07) is 6.79. The van der Waals surface area contributed by atoms with Gasteiger partial charge in [0.2, 0.25) is 0 Å². The molecule has 106 valence electrons. The monoisotopic (exact) mass is 277 g/mol. The fourth-order valence-electron chi connectivity index (χ4n) is 2.42. The molecule has 2 aliphatic rings. The van der Waals surface area contributed by atoms with E-state index >= 15 is 0 Å². The number of hydrogen-bond donors (Lipinski definition) is 0. The topological polar surface area (TPSA) is 65.1 Å². The minimum Gasteiger partial charge on any atom is -0.331 e. The van der Waals surface area contributed by atoms with Crippen LogP contribution in [-0.2, 0) is 14.2 Å². The standard InChI is InChI=1S/C14H15NO5/c1-14(18-2)19-8-9(20-14)7-15-12(16)10-5-3-4-6-11(10)13(15)17/h3-6,9H,7-8H2,1-2H3/t9?,14-/m0/s1. The summed E-state index contributed by atoms with van der Waals surface area (Å²) in [7, 11) is 1.48. The first kappa shape index (κ1) is 13.2.